The first-order valence-electron chi connectivity index (χ1n) is 7.08. The maximum Gasteiger partial charge on any atom is 0.330 e. The summed E-state index contributed by atoms with van der Waals surface area (Å²) in [6, 6.07) is 8.91. The van der Waals surface area contributed by atoms with Crippen LogP contribution in [0.1, 0.15) is 54.0 Å². The van der Waals surface area contributed by atoms with Gasteiger partial charge < -0.3 is 14.9 Å². The molecule has 0 aliphatic heterocycles. The first kappa shape index (κ1) is 15.8. The number of nitrogens with zero attached hydrogens (tertiary/aromatic N) is 1. The Kier molecular flexibility index (Phi) is 4.93. The van der Waals surface area contributed by atoms with Gasteiger partial charge in [-0.25, -0.2) is 4.79 Å². The number of aromatic nitrogens is 1. The van der Waals surface area contributed by atoms with E-state index in [4.69, 9.17) is 4.52 Å². The van der Waals surface area contributed by atoms with Crippen molar-refractivity contribution in [2.24, 2.45) is 0 Å². The smallest absolute Gasteiger partial charge is 0.330 e. The van der Waals surface area contributed by atoms with Crippen LogP contribution in [0.2, 0.25) is 0 Å². The van der Waals surface area contributed by atoms with Crippen molar-refractivity contribution in [2.75, 3.05) is 0 Å². The number of amides is 1. The van der Waals surface area contributed by atoms with Gasteiger partial charge in [0.1, 0.15) is 0 Å². The van der Waals surface area contributed by atoms with Crippen molar-refractivity contribution in [1.82, 2.24) is 10.5 Å². The molecular formula is C16H18N2O4. The van der Waals surface area contributed by atoms with Crippen LogP contribution in [-0.2, 0) is 4.79 Å². The number of rotatable bonds is 6. The van der Waals surface area contributed by atoms with Crippen molar-refractivity contribution in [3.63, 3.8) is 0 Å². The fourth-order valence-corrected chi connectivity index (χ4v) is 1.97. The molecule has 0 unspecified atom stereocenters. The zero-order valence-corrected chi connectivity index (χ0v) is 12.4. The Balaban J connectivity index is 2.15. The molecular weight excluding hydrogens is 284 g/mol. The molecule has 1 heterocycles. The monoisotopic (exact) mass is 302 g/mol. The van der Waals surface area contributed by atoms with Crippen LogP contribution in [0, 0.1) is 0 Å². The van der Waals surface area contributed by atoms with E-state index in [1.807, 2.05) is 13.8 Å². The van der Waals surface area contributed by atoms with E-state index >= 15 is 0 Å². The van der Waals surface area contributed by atoms with Crippen molar-refractivity contribution in [2.45, 2.75) is 32.2 Å². The minimum Gasteiger partial charge on any atom is -0.479 e. The summed E-state index contributed by atoms with van der Waals surface area (Å²) in [5, 5.41) is 15.6. The Labute approximate surface area is 128 Å². The highest BCUT2D eigenvalue weighted by Gasteiger charge is 2.24. The minimum atomic E-state index is -1.14. The molecule has 116 valence electrons. The summed E-state index contributed by atoms with van der Waals surface area (Å²) < 4.78 is 5.01. The second-order valence-corrected chi connectivity index (χ2v) is 5.08. The molecule has 1 aromatic heterocycles. The van der Waals surface area contributed by atoms with Gasteiger partial charge in [-0.2, -0.15) is 0 Å². The van der Waals surface area contributed by atoms with Crippen LogP contribution in [0.25, 0.3) is 0 Å². The number of benzene rings is 1. The normalized spacial score (nSPS) is 13.4. The van der Waals surface area contributed by atoms with Gasteiger partial charge in [0, 0.05) is 12.0 Å². The second kappa shape index (κ2) is 6.89. The molecule has 0 aliphatic carbocycles. The average Bonchev–Trinajstić information content (AvgIpc) is 3.02. The highest BCUT2D eigenvalue weighted by atomic mass is 16.5. The van der Waals surface area contributed by atoms with E-state index in [0.29, 0.717) is 11.3 Å². The largest absolute Gasteiger partial charge is 0.479 e. The predicted octanol–water partition coefficient (Wildman–Crippen LogP) is 2.74. The van der Waals surface area contributed by atoms with Crippen LogP contribution in [0.4, 0.5) is 0 Å². The van der Waals surface area contributed by atoms with Crippen LogP contribution in [-0.4, -0.2) is 22.1 Å². The Bertz CT molecular complexity index is 651. The summed E-state index contributed by atoms with van der Waals surface area (Å²) in [7, 11) is 0. The highest BCUT2D eigenvalue weighted by Crippen LogP contribution is 2.19. The lowest BCUT2D eigenvalue weighted by Crippen LogP contribution is -2.33. The van der Waals surface area contributed by atoms with E-state index in [1.165, 1.54) is 0 Å². The van der Waals surface area contributed by atoms with Crippen LogP contribution in [0.15, 0.2) is 40.9 Å². The van der Waals surface area contributed by atoms with Gasteiger partial charge in [0.2, 0.25) is 5.76 Å². The number of hydrogen-bond donors (Lipinski definition) is 2. The van der Waals surface area contributed by atoms with Gasteiger partial charge >= 0.3 is 5.97 Å². The molecule has 0 fully saturated rings. The van der Waals surface area contributed by atoms with Crippen molar-refractivity contribution in [3.05, 3.63) is 53.4 Å². The molecule has 2 atom stereocenters. The second-order valence-electron chi connectivity index (χ2n) is 5.08. The topological polar surface area (TPSA) is 92.4 Å². The van der Waals surface area contributed by atoms with Crippen molar-refractivity contribution in [1.29, 1.82) is 0 Å². The zero-order valence-electron chi connectivity index (χ0n) is 12.4. The molecule has 0 spiro atoms. The third kappa shape index (κ3) is 3.52. The number of nitrogens with one attached hydrogen (secondary N) is 1. The minimum absolute atomic E-state index is 0.0116. The molecule has 0 aliphatic rings. The summed E-state index contributed by atoms with van der Waals surface area (Å²) in [5.41, 5.74) is 1.17. The summed E-state index contributed by atoms with van der Waals surface area (Å²) in [6.45, 7) is 3.98. The van der Waals surface area contributed by atoms with E-state index in [1.54, 1.807) is 36.4 Å². The van der Waals surface area contributed by atoms with Crippen LogP contribution >= 0.6 is 0 Å². The molecule has 0 saturated carbocycles. The molecule has 2 N–H and O–H groups in total. The Morgan fingerprint density at radius 2 is 2.00 bits per heavy atom. The third-order valence-corrected chi connectivity index (χ3v) is 3.52. The van der Waals surface area contributed by atoms with E-state index in [9.17, 15) is 14.7 Å². The lowest BCUT2D eigenvalue weighted by molar-refractivity contribution is -0.139. The van der Waals surface area contributed by atoms with Crippen molar-refractivity contribution >= 4 is 11.9 Å². The molecule has 6 nitrogen and oxygen atoms in total. The number of hydrogen-bond acceptors (Lipinski definition) is 4. The SMILES string of the molecule is CC[C@@H](C)c1cc(C(=O)N[C@H](C(=O)O)c2ccccc2)on1. The van der Waals surface area contributed by atoms with Gasteiger partial charge in [0.25, 0.3) is 5.91 Å². The lowest BCUT2D eigenvalue weighted by atomic mass is 10.0. The van der Waals surface area contributed by atoms with Gasteiger partial charge in [-0.1, -0.05) is 49.3 Å². The molecule has 6 heteroatoms. The molecule has 2 rings (SSSR count). The van der Waals surface area contributed by atoms with E-state index in [2.05, 4.69) is 10.5 Å². The fraction of sp³-hybridized carbons (Fsp3) is 0.312. The first-order valence-corrected chi connectivity index (χ1v) is 7.08. The van der Waals surface area contributed by atoms with E-state index in [0.717, 1.165) is 6.42 Å². The molecule has 0 radical (unpaired) electrons. The number of carbonyl (C=O) groups excluding carboxylic acids is 1. The molecule has 1 aromatic carbocycles. The molecule has 1 amide bonds. The van der Waals surface area contributed by atoms with E-state index < -0.39 is 17.9 Å². The van der Waals surface area contributed by atoms with Gasteiger partial charge in [0.15, 0.2) is 6.04 Å². The first-order chi connectivity index (χ1) is 10.5. The third-order valence-electron chi connectivity index (χ3n) is 3.52. The molecule has 22 heavy (non-hydrogen) atoms. The van der Waals surface area contributed by atoms with Crippen LogP contribution < -0.4 is 5.32 Å². The number of carboxylic acid groups (broad SMARTS) is 1. The maximum atomic E-state index is 12.1. The standard InChI is InChI=1S/C16H18N2O4/c1-3-10(2)12-9-13(22-18-12)15(19)17-14(16(20)21)11-7-5-4-6-8-11/h4-10,14H,3H2,1-2H3,(H,17,19)(H,20,21)/t10-,14+/m1/s1. The number of aliphatic carboxylic acids is 1. The predicted molar refractivity (Wildman–Crippen MR) is 79.5 cm³/mol. The van der Waals surface area contributed by atoms with Gasteiger partial charge in [0.05, 0.1) is 5.69 Å². The van der Waals surface area contributed by atoms with E-state index in [-0.39, 0.29) is 11.7 Å². The van der Waals surface area contributed by atoms with Crippen LogP contribution in [0.3, 0.4) is 0 Å². The summed E-state index contributed by atoms with van der Waals surface area (Å²) in [5.74, 6) is -1.55. The Morgan fingerprint density at radius 1 is 1.32 bits per heavy atom. The molecule has 0 bridgehead atoms. The quantitative estimate of drug-likeness (QED) is 0.856. The Hall–Kier alpha value is -2.63. The summed E-state index contributed by atoms with van der Waals surface area (Å²) in [6.07, 6.45) is 0.870. The number of carboxylic acids is 1. The van der Waals surface area contributed by atoms with Gasteiger partial charge in [-0.05, 0) is 12.0 Å². The molecule has 0 saturated heterocycles. The van der Waals surface area contributed by atoms with Crippen molar-refractivity contribution < 1.29 is 19.2 Å². The van der Waals surface area contributed by atoms with Gasteiger partial charge in [-0.3, -0.25) is 4.79 Å². The molecule has 2 aromatic rings. The Morgan fingerprint density at radius 3 is 2.59 bits per heavy atom. The van der Waals surface area contributed by atoms with Gasteiger partial charge in [-0.15, -0.1) is 0 Å². The zero-order chi connectivity index (χ0) is 16.1. The fourth-order valence-electron chi connectivity index (χ4n) is 1.97. The maximum absolute atomic E-state index is 12.1. The summed E-state index contributed by atoms with van der Waals surface area (Å²) in [4.78, 5) is 23.5. The lowest BCUT2D eigenvalue weighted by Gasteiger charge is -2.13. The number of carbonyl (C=O) groups is 2. The average molecular weight is 302 g/mol. The van der Waals surface area contributed by atoms with Crippen LogP contribution in [0.5, 0.6) is 0 Å². The van der Waals surface area contributed by atoms with Crippen molar-refractivity contribution in [3.8, 4) is 0 Å². The summed E-state index contributed by atoms with van der Waals surface area (Å²) >= 11 is 0. The highest BCUT2D eigenvalue weighted by molar-refractivity contribution is 5.94.